The molecule has 2 aromatic rings. The molecule has 1 aromatic heterocycles. The van der Waals surface area contributed by atoms with Gasteiger partial charge in [0.1, 0.15) is 5.75 Å². The van der Waals surface area contributed by atoms with Crippen LogP contribution in [-0.2, 0) is 18.5 Å². The number of unbranched alkanes of at least 4 members (excludes halogenated alkanes) is 6. The average Bonchev–Trinajstić information content (AvgIpc) is 2.89. The molecule has 0 unspecified atom stereocenters. The van der Waals surface area contributed by atoms with Gasteiger partial charge < -0.3 is 21.9 Å². The summed E-state index contributed by atoms with van der Waals surface area (Å²) in [4.78, 5) is 0. The minimum atomic E-state index is 0. The number of ether oxygens (including phenoxy) is 2. The number of hydrogen-bond acceptors (Lipinski definition) is 2. The summed E-state index contributed by atoms with van der Waals surface area (Å²) in [6.07, 6.45) is 11.3. The van der Waals surface area contributed by atoms with Crippen LogP contribution in [0.3, 0.4) is 0 Å². The molecule has 0 spiro atoms. The Hall–Kier alpha value is -1.26. The van der Waals surface area contributed by atoms with E-state index >= 15 is 0 Å². The van der Waals surface area contributed by atoms with Crippen LogP contribution in [0.4, 0.5) is 0 Å². The first-order valence-corrected chi connectivity index (χ1v) is 9.45. The Bertz CT molecular complexity index is 613. The molecule has 0 aliphatic rings. The van der Waals surface area contributed by atoms with Crippen molar-refractivity contribution in [2.75, 3.05) is 13.2 Å². The van der Waals surface area contributed by atoms with Crippen LogP contribution in [0.25, 0.3) is 11.0 Å². The van der Waals surface area contributed by atoms with Crippen molar-refractivity contribution in [2.24, 2.45) is 7.05 Å². The van der Waals surface area contributed by atoms with E-state index in [9.17, 15) is 0 Å². The van der Waals surface area contributed by atoms with Crippen LogP contribution >= 0.6 is 0 Å². The average molecular weight is 369 g/mol. The number of fused-ring (bicyclic) bond motifs is 1. The fraction of sp³-hybridized carbons (Fsp3) is 0.650. The highest BCUT2D eigenvalue weighted by molar-refractivity contribution is 5.73. The third kappa shape index (κ3) is 6.87. The van der Waals surface area contributed by atoms with Gasteiger partial charge in [-0.05, 0) is 25.5 Å². The second-order valence-electron chi connectivity index (χ2n) is 6.44. The molecule has 1 heterocycles. The van der Waals surface area contributed by atoms with Crippen LogP contribution in [0.1, 0.15) is 58.8 Å². The summed E-state index contributed by atoms with van der Waals surface area (Å²) in [7, 11) is 2.06. The maximum atomic E-state index is 5.88. The van der Waals surface area contributed by atoms with E-state index in [1.165, 1.54) is 44.0 Å². The molecule has 0 radical (unpaired) electrons. The van der Waals surface area contributed by atoms with Crippen LogP contribution in [0, 0.1) is 0 Å². The van der Waals surface area contributed by atoms with Crippen molar-refractivity contribution < 1.29 is 26.4 Å². The highest BCUT2D eigenvalue weighted by Crippen LogP contribution is 2.19. The minimum Gasteiger partial charge on any atom is -1.00 e. The van der Waals surface area contributed by atoms with Crippen molar-refractivity contribution in [1.82, 2.24) is 4.57 Å². The summed E-state index contributed by atoms with van der Waals surface area (Å²) in [5, 5.41) is 0. The van der Waals surface area contributed by atoms with Gasteiger partial charge in [0.15, 0.2) is 17.8 Å². The quantitative estimate of drug-likeness (QED) is 0.420. The molecule has 25 heavy (non-hydrogen) atoms. The van der Waals surface area contributed by atoms with Crippen molar-refractivity contribution in [3.63, 3.8) is 0 Å². The second kappa shape index (κ2) is 12.2. The zero-order chi connectivity index (χ0) is 17.2. The smallest absolute Gasteiger partial charge is 0.246 e. The Balaban J connectivity index is 0.00000312. The third-order valence-corrected chi connectivity index (χ3v) is 4.38. The Morgan fingerprint density at radius 2 is 1.72 bits per heavy atom. The Kier molecular flexibility index (Phi) is 10.6. The molecule has 2 rings (SSSR count). The van der Waals surface area contributed by atoms with Gasteiger partial charge in [0.25, 0.3) is 0 Å². The van der Waals surface area contributed by atoms with Gasteiger partial charge in [-0.15, -0.1) is 0 Å². The van der Waals surface area contributed by atoms with Crippen LogP contribution in [0.2, 0.25) is 0 Å². The van der Waals surface area contributed by atoms with Crippen molar-refractivity contribution in [1.29, 1.82) is 0 Å². The molecule has 0 fully saturated rings. The molecule has 0 atom stereocenters. The Labute approximate surface area is 158 Å². The van der Waals surface area contributed by atoms with E-state index in [2.05, 4.69) is 41.6 Å². The number of halogens is 1. The lowest BCUT2D eigenvalue weighted by Crippen LogP contribution is -3.00. The van der Waals surface area contributed by atoms with Crippen LogP contribution < -0.4 is 21.7 Å². The van der Waals surface area contributed by atoms with Gasteiger partial charge in [0.2, 0.25) is 6.33 Å². The summed E-state index contributed by atoms with van der Waals surface area (Å²) in [6, 6.07) is 6.22. The normalized spacial score (nSPS) is 10.8. The van der Waals surface area contributed by atoms with Gasteiger partial charge >= 0.3 is 0 Å². The highest BCUT2D eigenvalue weighted by atomic mass is 35.5. The summed E-state index contributed by atoms with van der Waals surface area (Å²) in [5.41, 5.74) is 2.35. The number of aryl methyl sites for hydroxylation is 1. The molecule has 0 amide bonds. The number of rotatable bonds is 12. The van der Waals surface area contributed by atoms with Crippen LogP contribution in [0.15, 0.2) is 24.5 Å². The van der Waals surface area contributed by atoms with E-state index in [1.54, 1.807) is 0 Å². The van der Waals surface area contributed by atoms with Gasteiger partial charge in [-0.3, -0.25) is 0 Å². The molecule has 0 aliphatic heterocycles. The maximum Gasteiger partial charge on any atom is 0.246 e. The fourth-order valence-corrected chi connectivity index (χ4v) is 3.05. The lowest BCUT2D eigenvalue weighted by molar-refractivity contribution is -0.646. The number of aromatic nitrogens is 2. The Morgan fingerprint density at radius 1 is 1.00 bits per heavy atom. The van der Waals surface area contributed by atoms with E-state index in [0.29, 0.717) is 13.3 Å². The zero-order valence-electron chi connectivity index (χ0n) is 16.0. The lowest BCUT2D eigenvalue weighted by Gasteiger charge is -2.04. The monoisotopic (exact) mass is 368 g/mol. The van der Waals surface area contributed by atoms with E-state index in [0.717, 1.165) is 24.3 Å². The van der Waals surface area contributed by atoms with Crippen LogP contribution in [0.5, 0.6) is 5.75 Å². The number of hydrogen-bond donors (Lipinski definition) is 0. The molecular formula is C20H33ClN2O2. The van der Waals surface area contributed by atoms with E-state index in [-0.39, 0.29) is 12.4 Å². The number of nitrogens with zero attached hydrogens (tertiary/aromatic N) is 2. The van der Waals surface area contributed by atoms with Gasteiger partial charge in [-0.2, -0.15) is 0 Å². The second-order valence-corrected chi connectivity index (χ2v) is 6.44. The first-order chi connectivity index (χ1) is 11.8. The molecule has 0 aliphatic carbocycles. The minimum absolute atomic E-state index is 0. The molecule has 4 nitrogen and oxygen atoms in total. The van der Waals surface area contributed by atoms with E-state index < -0.39 is 0 Å². The predicted molar refractivity (Wildman–Crippen MR) is 98.2 cm³/mol. The molecular weight excluding hydrogens is 336 g/mol. The zero-order valence-corrected chi connectivity index (χ0v) is 16.7. The first-order valence-electron chi connectivity index (χ1n) is 9.45. The van der Waals surface area contributed by atoms with Crippen molar-refractivity contribution in [3.05, 3.63) is 24.5 Å². The van der Waals surface area contributed by atoms with Crippen molar-refractivity contribution >= 4 is 11.0 Å². The van der Waals surface area contributed by atoms with E-state index in [4.69, 9.17) is 9.47 Å². The van der Waals surface area contributed by atoms with Gasteiger partial charge in [-0.1, -0.05) is 45.4 Å². The summed E-state index contributed by atoms with van der Waals surface area (Å²) >= 11 is 0. The van der Waals surface area contributed by atoms with E-state index in [1.807, 2.05) is 13.0 Å². The topological polar surface area (TPSA) is 27.3 Å². The molecule has 0 N–H and O–H groups in total. The number of benzene rings is 1. The third-order valence-electron chi connectivity index (χ3n) is 4.38. The molecule has 0 saturated heterocycles. The standard InChI is InChI=1S/C20H33N2O2.ClH/c1-4-6-7-8-9-10-11-14-23-17-22-16-21(3)19-13-12-18(24-5-2)15-20(19)22;/h12-13,15-16H,4-11,14,17H2,1-3H3;1H/q+1;/p-1. The molecule has 0 bridgehead atoms. The molecule has 5 heteroatoms. The molecule has 0 saturated carbocycles. The Morgan fingerprint density at radius 3 is 2.44 bits per heavy atom. The summed E-state index contributed by atoms with van der Waals surface area (Å²) < 4.78 is 15.8. The predicted octanol–water partition coefficient (Wildman–Crippen LogP) is 1.59. The lowest BCUT2D eigenvalue weighted by atomic mass is 10.1. The fourth-order valence-electron chi connectivity index (χ4n) is 3.05. The summed E-state index contributed by atoms with van der Waals surface area (Å²) in [5.74, 6) is 0.914. The van der Waals surface area contributed by atoms with Gasteiger partial charge in [-0.25, -0.2) is 9.13 Å². The first kappa shape index (κ1) is 21.8. The molecule has 142 valence electrons. The highest BCUT2D eigenvalue weighted by Gasteiger charge is 2.14. The van der Waals surface area contributed by atoms with Crippen LogP contribution in [-0.4, -0.2) is 17.8 Å². The van der Waals surface area contributed by atoms with Crippen molar-refractivity contribution in [2.45, 2.75) is 65.5 Å². The maximum absolute atomic E-state index is 5.88. The van der Waals surface area contributed by atoms with Gasteiger partial charge in [0, 0.05) is 6.07 Å². The number of imidazole rings is 1. The van der Waals surface area contributed by atoms with Gasteiger partial charge in [0.05, 0.1) is 20.3 Å². The SMILES string of the molecule is CCCCCCCCCOCn1c[n+](C)c2ccc(OCC)cc21.[Cl-]. The van der Waals surface area contributed by atoms with Crippen molar-refractivity contribution in [3.8, 4) is 5.75 Å². The summed E-state index contributed by atoms with van der Waals surface area (Å²) in [6.45, 7) is 6.39. The largest absolute Gasteiger partial charge is 1.00 e. The molecule has 1 aromatic carbocycles.